The Kier molecular flexibility index (Phi) is 7.31. The third-order valence-corrected chi connectivity index (χ3v) is 10.4. The van der Waals surface area contributed by atoms with Gasteiger partial charge in [0.2, 0.25) is 0 Å². The first-order valence-electron chi connectivity index (χ1n) is 18.6. The van der Waals surface area contributed by atoms with Gasteiger partial charge in [-0.25, -0.2) is 0 Å². The molecule has 8 aromatic carbocycles. The van der Waals surface area contributed by atoms with Crippen LogP contribution in [0.25, 0.3) is 72.1 Å². The maximum Gasteiger partial charge on any atom is 0.113 e. The summed E-state index contributed by atoms with van der Waals surface area (Å²) in [6, 6.07) is 67.3. The number of hydrogen-bond donors (Lipinski definition) is 0. The normalized spacial score (nSPS) is 11.6. The number of aromatic nitrogens is 7. The van der Waals surface area contributed by atoms with Gasteiger partial charge in [-0.05, 0) is 120 Å². The van der Waals surface area contributed by atoms with Crippen LogP contribution < -0.4 is 4.90 Å². The maximum atomic E-state index is 4.70. The summed E-state index contributed by atoms with van der Waals surface area (Å²) < 4.78 is 2.36. The van der Waals surface area contributed by atoms with Gasteiger partial charge in [-0.15, -0.1) is 20.4 Å². The summed E-state index contributed by atoms with van der Waals surface area (Å²) in [5.74, 6) is 0. The predicted octanol–water partition coefficient (Wildman–Crippen LogP) is 11.4. The molecular formula is C48H32N8. The minimum absolute atomic E-state index is 0.860. The van der Waals surface area contributed by atoms with E-state index < -0.39 is 0 Å². The topological polar surface area (TPSA) is 69.6 Å². The van der Waals surface area contributed by atoms with Crippen LogP contribution in [0.2, 0.25) is 0 Å². The number of benzene rings is 8. The van der Waals surface area contributed by atoms with Crippen LogP contribution in [0.4, 0.5) is 17.1 Å². The fraction of sp³-hybridized carbons (Fsp3) is 0. The molecule has 0 radical (unpaired) electrons. The Morgan fingerprint density at radius 2 is 0.750 bits per heavy atom. The highest BCUT2D eigenvalue weighted by Gasteiger charge is 2.17. The van der Waals surface area contributed by atoms with Crippen molar-refractivity contribution in [1.82, 2.24) is 34.6 Å². The van der Waals surface area contributed by atoms with Crippen molar-refractivity contribution in [3.8, 4) is 28.2 Å². The van der Waals surface area contributed by atoms with Crippen LogP contribution in [-0.2, 0) is 0 Å². The molecule has 0 unspecified atom stereocenters. The molecule has 0 saturated heterocycles. The zero-order chi connectivity index (χ0) is 37.0. The van der Waals surface area contributed by atoms with Gasteiger partial charge in [-0.2, -0.15) is 9.59 Å². The molecule has 0 aliphatic rings. The lowest BCUT2D eigenvalue weighted by Crippen LogP contribution is -2.10. The lowest BCUT2D eigenvalue weighted by atomic mass is 10.0. The second kappa shape index (κ2) is 12.9. The minimum Gasteiger partial charge on any atom is -0.311 e. The molecule has 0 aliphatic heterocycles. The third-order valence-electron chi connectivity index (χ3n) is 10.4. The van der Waals surface area contributed by atoms with E-state index in [1.165, 1.54) is 21.8 Å². The second-order valence-corrected chi connectivity index (χ2v) is 13.8. The average Bonchev–Trinajstić information content (AvgIpc) is 3.99. The number of para-hydroxylation sites is 2. The van der Waals surface area contributed by atoms with Crippen molar-refractivity contribution >= 4 is 60.9 Å². The first kappa shape index (κ1) is 31.7. The highest BCUT2D eigenvalue weighted by Crippen LogP contribution is 2.38. The van der Waals surface area contributed by atoms with E-state index in [1.807, 2.05) is 48.5 Å². The number of rotatable bonds is 7. The molecule has 3 aromatic heterocycles. The molecule has 0 bridgehead atoms. The van der Waals surface area contributed by atoms with Crippen molar-refractivity contribution < 1.29 is 0 Å². The quantitative estimate of drug-likeness (QED) is 0.164. The van der Waals surface area contributed by atoms with Crippen LogP contribution >= 0.6 is 0 Å². The lowest BCUT2D eigenvalue weighted by Gasteiger charge is -2.26. The smallest absolute Gasteiger partial charge is 0.113 e. The van der Waals surface area contributed by atoms with Crippen molar-refractivity contribution in [2.45, 2.75) is 0 Å². The molecule has 0 fully saturated rings. The second-order valence-electron chi connectivity index (χ2n) is 13.8. The molecule has 0 atom stereocenters. The molecule has 56 heavy (non-hydrogen) atoms. The van der Waals surface area contributed by atoms with Crippen molar-refractivity contribution in [3.63, 3.8) is 0 Å². The molecule has 11 rings (SSSR count). The molecule has 8 heteroatoms. The molecule has 264 valence electrons. The van der Waals surface area contributed by atoms with E-state index in [4.69, 9.17) is 20.4 Å². The first-order chi connectivity index (χ1) is 27.7. The molecule has 0 N–H and O–H groups in total. The Morgan fingerprint density at radius 1 is 0.321 bits per heavy atom. The zero-order valence-corrected chi connectivity index (χ0v) is 30.1. The summed E-state index contributed by atoms with van der Waals surface area (Å²) in [5.41, 5.74) is 14.1. The standard InChI is InChI=1S/C48H32N8/c1-2-10-35(11-3-1)54-47-17-9-4-12-41(47)42-31-20-34(32-48(42)54)33-18-21-36(22-19-33)53(37-23-27-39(28-24-37)55-49-43-13-5-6-14-44(43)50-55)38-25-29-40(30-26-38)56-51-45-15-7-8-16-46(45)52-56/h1-32H. The number of anilines is 3. The van der Waals surface area contributed by atoms with E-state index in [0.29, 0.717) is 0 Å². The van der Waals surface area contributed by atoms with E-state index >= 15 is 0 Å². The highest BCUT2D eigenvalue weighted by atomic mass is 15.5. The van der Waals surface area contributed by atoms with Gasteiger partial charge in [0.25, 0.3) is 0 Å². The first-order valence-corrected chi connectivity index (χ1v) is 18.6. The summed E-state index contributed by atoms with van der Waals surface area (Å²) in [6.07, 6.45) is 0. The third kappa shape index (κ3) is 5.39. The number of hydrogen-bond acceptors (Lipinski definition) is 5. The van der Waals surface area contributed by atoms with E-state index in [1.54, 1.807) is 9.59 Å². The summed E-state index contributed by atoms with van der Waals surface area (Å²) in [6.45, 7) is 0. The van der Waals surface area contributed by atoms with Gasteiger partial charge in [-0.1, -0.05) is 84.9 Å². The van der Waals surface area contributed by atoms with Gasteiger partial charge in [0.1, 0.15) is 22.1 Å². The van der Waals surface area contributed by atoms with Gasteiger partial charge in [-0.3, -0.25) is 0 Å². The number of fused-ring (bicyclic) bond motifs is 5. The Bertz CT molecular complexity index is 2990. The SMILES string of the molecule is c1ccc(-n2c3ccccc3c3ccc(-c4ccc(N(c5ccc(-n6nc7ccccc7n6)cc5)c5ccc(-n6nc7ccccc7n6)cc5)cc4)cc32)cc1. The molecule has 0 saturated carbocycles. The van der Waals surface area contributed by atoms with E-state index in [0.717, 1.165) is 67.3 Å². The monoisotopic (exact) mass is 720 g/mol. The largest absolute Gasteiger partial charge is 0.311 e. The minimum atomic E-state index is 0.860. The van der Waals surface area contributed by atoms with Crippen LogP contribution in [0.3, 0.4) is 0 Å². The van der Waals surface area contributed by atoms with E-state index in [-0.39, 0.29) is 0 Å². The summed E-state index contributed by atoms with van der Waals surface area (Å²) in [5, 5.41) is 21.3. The summed E-state index contributed by atoms with van der Waals surface area (Å²) in [4.78, 5) is 5.64. The van der Waals surface area contributed by atoms with Gasteiger partial charge >= 0.3 is 0 Å². The molecular weight excluding hydrogens is 689 g/mol. The van der Waals surface area contributed by atoms with Gasteiger partial charge < -0.3 is 9.47 Å². The summed E-state index contributed by atoms with van der Waals surface area (Å²) in [7, 11) is 0. The predicted molar refractivity (Wildman–Crippen MR) is 226 cm³/mol. The fourth-order valence-electron chi connectivity index (χ4n) is 7.68. The van der Waals surface area contributed by atoms with Crippen molar-refractivity contribution in [2.75, 3.05) is 4.90 Å². The molecule has 0 spiro atoms. The van der Waals surface area contributed by atoms with Gasteiger partial charge in [0.05, 0.1) is 22.4 Å². The Labute approximate surface area is 321 Å². The van der Waals surface area contributed by atoms with E-state index in [9.17, 15) is 0 Å². The van der Waals surface area contributed by atoms with Crippen molar-refractivity contribution in [2.24, 2.45) is 0 Å². The fourth-order valence-corrected chi connectivity index (χ4v) is 7.68. The van der Waals surface area contributed by atoms with E-state index in [2.05, 4.69) is 155 Å². The lowest BCUT2D eigenvalue weighted by molar-refractivity contribution is 0.765. The average molecular weight is 721 g/mol. The van der Waals surface area contributed by atoms with Crippen molar-refractivity contribution in [3.05, 3.63) is 194 Å². The molecule has 0 aliphatic carbocycles. The van der Waals surface area contributed by atoms with Crippen molar-refractivity contribution in [1.29, 1.82) is 0 Å². The van der Waals surface area contributed by atoms with Crippen LogP contribution in [0, 0.1) is 0 Å². The zero-order valence-electron chi connectivity index (χ0n) is 30.1. The van der Waals surface area contributed by atoms with Crippen LogP contribution in [0.5, 0.6) is 0 Å². The highest BCUT2D eigenvalue weighted by molar-refractivity contribution is 6.10. The molecule has 8 nitrogen and oxygen atoms in total. The van der Waals surface area contributed by atoms with Crippen LogP contribution in [0.15, 0.2) is 194 Å². The van der Waals surface area contributed by atoms with Gasteiger partial charge in [0.15, 0.2) is 0 Å². The Balaban J connectivity index is 0.981. The molecule has 0 amide bonds. The molecule has 11 aromatic rings. The van der Waals surface area contributed by atoms with Crippen LogP contribution in [-0.4, -0.2) is 34.6 Å². The Morgan fingerprint density at radius 3 is 1.29 bits per heavy atom. The maximum absolute atomic E-state index is 4.70. The van der Waals surface area contributed by atoms with Gasteiger partial charge in [0, 0.05) is 33.5 Å². The molecule has 3 heterocycles. The number of nitrogens with zero attached hydrogens (tertiary/aromatic N) is 8. The summed E-state index contributed by atoms with van der Waals surface area (Å²) >= 11 is 0. The Hall–Kier alpha value is -7.84. The van der Waals surface area contributed by atoms with Crippen LogP contribution in [0.1, 0.15) is 0 Å².